The van der Waals surface area contributed by atoms with Crippen molar-refractivity contribution in [3.63, 3.8) is 0 Å². The summed E-state index contributed by atoms with van der Waals surface area (Å²) in [6.07, 6.45) is 2.88. The van der Waals surface area contributed by atoms with Gasteiger partial charge in [0.05, 0.1) is 5.69 Å². The van der Waals surface area contributed by atoms with Crippen LogP contribution in [0.25, 0.3) is 16.9 Å². The van der Waals surface area contributed by atoms with Crippen LogP contribution in [-0.4, -0.2) is 82.1 Å². The van der Waals surface area contributed by atoms with Crippen molar-refractivity contribution in [2.24, 2.45) is 5.92 Å². The van der Waals surface area contributed by atoms with Gasteiger partial charge in [-0.15, -0.1) is 0 Å². The number of carbonyl (C=O) groups is 1. The number of fused-ring (bicyclic) bond motifs is 1. The van der Waals surface area contributed by atoms with Crippen molar-refractivity contribution in [2.75, 3.05) is 46.4 Å². The zero-order chi connectivity index (χ0) is 24.5. The van der Waals surface area contributed by atoms with E-state index in [2.05, 4.69) is 20.1 Å². The molecule has 0 N–H and O–H groups in total. The minimum Gasteiger partial charge on any atom is -0.375 e. The number of nitrogens with zero attached hydrogens (tertiary/aromatic N) is 6. The third-order valence-electron chi connectivity index (χ3n) is 7.21. The second-order valence-corrected chi connectivity index (χ2v) is 10.0. The molecule has 0 unspecified atom stereocenters. The Morgan fingerprint density at radius 1 is 1.23 bits per heavy atom. The van der Waals surface area contributed by atoms with E-state index in [4.69, 9.17) is 9.26 Å². The first-order valence-electron chi connectivity index (χ1n) is 12.4. The molecule has 35 heavy (non-hydrogen) atoms. The number of likely N-dealkylation sites (tertiary alicyclic amines) is 2. The summed E-state index contributed by atoms with van der Waals surface area (Å²) in [7, 11) is 1.56. The Hall–Kier alpha value is -2.85. The molecule has 2 aliphatic rings. The minimum atomic E-state index is -0.351. The van der Waals surface area contributed by atoms with Crippen LogP contribution in [0.4, 0.5) is 4.39 Å². The predicted octanol–water partition coefficient (Wildman–Crippen LogP) is 3.35. The normalized spacial score (nSPS) is 19.9. The second kappa shape index (κ2) is 10.0. The van der Waals surface area contributed by atoms with Crippen molar-refractivity contribution in [1.29, 1.82) is 0 Å². The van der Waals surface area contributed by atoms with E-state index in [9.17, 15) is 9.18 Å². The lowest BCUT2D eigenvalue weighted by molar-refractivity contribution is -0.134. The van der Waals surface area contributed by atoms with Gasteiger partial charge in [-0.05, 0) is 55.4 Å². The Bertz CT molecular complexity index is 1180. The van der Waals surface area contributed by atoms with Gasteiger partial charge in [0.15, 0.2) is 0 Å². The van der Waals surface area contributed by atoms with Gasteiger partial charge < -0.3 is 19.1 Å². The Morgan fingerprint density at radius 3 is 2.77 bits per heavy atom. The summed E-state index contributed by atoms with van der Waals surface area (Å²) in [4.78, 5) is 21.1. The standard InChI is InChI=1S/C25H33FN6O3/c1-16(2)22-19-5-4-6-20(26)23(19)32(28-22)25-27-24(35-29-25)18-8-10-30(11-9-18)13-17-7-12-31(14-17)21(33)15-34-3/h4-6,16-18H,7-15H2,1-3H3/t17-/m1/s1. The van der Waals surface area contributed by atoms with Crippen LogP contribution in [0.1, 0.15) is 56.5 Å². The topological polar surface area (TPSA) is 89.5 Å². The molecule has 0 aliphatic carbocycles. The van der Waals surface area contributed by atoms with Gasteiger partial charge in [-0.2, -0.15) is 14.8 Å². The number of methoxy groups -OCH3 is 1. The summed E-state index contributed by atoms with van der Waals surface area (Å²) in [5.41, 5.74) is 1.20. The van der Waals surface area contributed by atoms with Gasteiger partial charge in [-0.25, -0.2) is 4.39 Å². The number of piperidine rings is 1. The van der Waals surface area contributed by atoms with E-state index >= 15 is 0 Å². The van der Waals surface area contributed by atoms with Crippen LogP contribution in [0.2, 0.25) is 0 Å². The first-order valence-corrected chi connectivity index (χ1v) is 12.4. The molecule has 188 valence electrons. The number of carbonyl (C=O) groups excluding carboxylic acids is 1. The predicted molar refractivity (Wildman–Crippen MR) is 128 cm³/mol. The average Bonchev–Trinajstić information content (AvgIpc) is 3.58. The number of rotatable bonds is 7. The van der Waals surface area contributed by atoms with Crippen LogP contribution in [0, 0.1) is 11.7 Å². The van der Waals surface area contributed by atoms with E-state index in [0.717, 1.165) is 63.1 Å². The zero-order valence-corrected chi connectivity index (χ0v) is 20.6. The van der Waals surface area contributed by atoms with E-state index in [1.54, 1.807) is 13.2 Å². The van der Waals surface area contributed by atoms with E-state index in [1.165, 1.54) is 10.7 Å². The summed E-state index contributed by atoms with van der Waals surface area (Å²) in [5, 5.41) is 9.55. The fourth-order valence-electron chi connectivity index (χ4n) is 5.35. The van der Waals surface area contributed by atoms with Crippen LogP contribution in [0.3, 0.4) is 0 Å². The average molecular weight is 485 g/mol. The van der Waals surface area contributed by atoms with E-state index < -0.39 is 0 Å². The Kier molecular flexibility index (Phi) is 6.84. The van der Waals surface area contributed by atoms with Gasteiger partial charge >= 0.3 is 0 Å². The smallest absolute Gasteiger partial charge is 0.291 e. The highest BCUT2D eigenvalue weighted by molar-refractivity contribution is 5.84. The second-order valence-electron chi connectivity index (χ2n) is 10.0. The molecule has 2 fully saturated rings. The molecule has 1 atom stereocenters. The number of aromatic nitrogens is 4. The molecular formula is C25H33FN6O3. The van der Waals surface area contributed by atoms with Crippen LogP contribution in [0.5, 0.6) is 0 Å². The fourth-order valence-corrected chi connectivity index (χ4v) is 5.35. The number of hydrogen-bond acceptors (Lipinski definition) is 7. The Labute approximate surface area is 204 Å². The summed E-state index contributed by atoms with van der Waals surface area (Å²) in [6.45, 7) is 8.74. The number of ether oxygens (including phenoxy) is 1. The number of benzene rings is 1. The summed E-state index contributed by atoms with van der Waals surface area (Å²) in [5.74, 6) is 1.40. The maximum absolute atomic E-state index is 14.7. The van der Waals surface area contributed by atoms with Crippen LogP contribution in [0.15, 0.2) is 22.7 Å². The number of amides is 1. The molecule has 2 saturated heterocycles. The minimum absolute atomic E-state index is 0.0752. The van der Waals surface area contributed by atoms with Gasteiger partial charge in [0.2, 0.25) is 11.8 Å². The molecule has 5 rings (SSSR count). The molecule has 1 amide bonds. The third kappa shape index (κ3) is 4.81. The first-order chi connectivity index (χ1) is 16.9. The fraction of sp³-hybridized carbons (Fsp3) is 0.600. The van der Waals surface area contributed by atoms with E-state index in [1.807, 2.05) is 24.8 Å². The SMILES string of the molecule is COCC(=O)N1CC[C@H](CN2CCC(c3nc(-n4nc(C(C)C)c5cccc(F)c54)no3)CC2)C1. The molecule has 10 heteroatoms. The Balaban J connectivity index is 1.22. The molecule has 3 aromatic rings. The monoisotopic (exact) mass is 484 g/mol. The molecule has 0 spiro atoms. The van der Waals surface area contributed by atoms with Crippen molar-refractivity contribution in [2.45, 2.75) is 44.9 Å². The largest absolute Gasteiger partial charge is 0.375 e. The molecule has 0 radical (unpaired) electrons. The first kappa shape index (κ1) is 23.9. The summed E-state index contributed by atoms with van der Waals surface area (Å²) < 4.78 is 26.8. The van der Waals surface area contributed by atoms with Crippen molar-refractivity contribution >= 4 is 16.8 Å². The van der Waals surface area contributed by atoms with E-state index in [-0.39, 0.29) is 36.1 Å². The highest BCUT2D eigenvalue weighted by Gasteiger charge is 2.31. The molecule has 0 saturated carbocycles. The summed E-state index contributed by atoms with van der Waals surface area (Å²) >= 11 is 0. The number of hydrogen-bond donors (Lipinski definition) is 0. The molecular weight excluding hydrogens is 451 g/mol. The lowest BCUT2D eigenvalue weighted by Gasteiger charge is -2.32. The lowest BCUT2D eigenvalue weighted by Crippen LogP contribution is -2.38. The zero-order valence-electron chi connectivity index (χ0n) is 20.6. The van der Waals surface area contributed by atoms with Crippen LogP contribution in [-0.2, 0) is 9.53 Å². The molecule has 9 nitrogen and oxygen atoms in total. The van der Waals surface area contributed by atoms with Crippen LogP contribution >= 0.6 is 0 Å². The van der Waals surface area contributed by atoms with Crippen molar-refractivity contribution < 1.29 is 18.4 Å². The van der Waals surface area contributed by atoms with Gasteiger partial charge in [-0.1, -0.05) is 26.0 Å². The van der Waals surface area contributed by atoms with Gasteiger partial charge in [0, 0.05) is 38.0 Å². The van der Waals surface area contributed by atoms with Gasteiger partial charge in [-0.3, -0.25) is 4.79 Å². The van der Waals surface area contributed by atoms with Crippen LogP contribution < -0.4 is 0 Å². The maximum Gasteiger partial charge on any atom is 0.291 e. The third-order valence-corrected chi connectivity index (χ3v) is 7.21. The maximum atomic E-state index is 14.7. The molecule has 1 aromatic carbocycles. The number of para-hydroxylation sites is 1. The van der Waals surface area contributed by atoms with Crippen molar-refractivity contribution in [1.82, 2.24) is 29.7 Å². The molecule has 2 aliphatic heterocycles. The van der Waals surface area contributed by atoms with Crippen molar-refractivity contribution in [3.05, 3.63) is 35.6 Å². The molecule has 2 aromatic heterocycles. The quantitative estimate of drug-likeness (QED) is 0.508. The lowest BCUT2D eigenvalue weighted by atomic mass is 9.95. The highest BCUT2D eigenvalue weighted by Crippen LogP contribution is 2.31. The van der Waals surface area contributed by atoms with Gasteiger partial charge in [0.1, 0.15) is 17.9 Å². The van der Waals surface area contributed by atoms with Gasteiger partial charge in [0.25, 0.3) is 5.95 Å². The molecule has 0 bridgehead atoms. The Morgan fingerprint density at radius 2 is 2.03 bits per heavy atom. The summed E-state index contributed by atoms with van der Waals surface area (Å²) in [6, 6.07) is 5.01. The van der Waals surface area contributed by atoms with Crippen molar-refractivity contribution in [3.8, 4) is 5.95 Å². The van der Waals surface area contributed by atoms with E-state index in [0.29, 0.717) is 17.3 Å². The number of halogens is 1. The molecule has 4 heterocycles. The highest BCUT2D eigenvalue weighted by atomic mass is 19.1.